The number of fused-ring (bicyclic) bond motifs is 11. The SMILES string of the molecule is Brc1cncc2ccccc12.CC1(C)OB(B2OC(C)(C)C(C)(C)O2)OC1(C)C.Cn1nc(-c2nc3ccccc3[nH]2)c2cc(-c3cncc4ccccc34)ccc21.Cn1nc(-c2nc3ccccc3[nH]2)c2cc(B3OC(C)(C)C(C)(C)O3)ccc21.Cn1nc(-c2nc3ccccc3[nH]2)c2cc(I)ccc21.c1ccc2c(-c3ccc4[nH]nc(-c5nc6ccccc6[nH]5)c4c3)cncc2c1. The van der Waals surface area contributed by atoms with E-state index in [0.29, 0.717) is 0 Å². The van der Waals surface area contributed by atoms with Crippen LogP contribution in [0.1, 0.15) is 83.1 Å². The molecular formula is C104H96B3BrIN19O6. The third-order valence-corrected chi connectivity index (χ3v) is 27.7. The Morgan fingerprint density at radius 2 is 0.649 bits per heavy atom. The van der Waals surface area contributed by atoms with E-state index in [1.807, 2.05) is 255 Å². The van der Waals surface area contributed by atoms with E-state index in [1.165, 1.54) is 25.1 Å². The van der Waals surface area contributed by atoms with Gasteiger partial charge in [-0.25, -0.2) is 19.9 Å². The average molecular weight is 1950 g/mol. The van der Waals surface area contributed by atoms with Crippen molar-refractivity contribution in [2.75, 3.05) is 0 Å². The molecule has 3 saturated heterocycles. The van der Waals surface area contributed by atoms with Gasteiger partial charge in [-0.1, -0.05) is 146 Å². The fourth-order valence-corrected chi connectivity index (χ4v) is 18.0. The van der Waals surface area contributed by atoms with E-state index < -0.39 is 21.1 Å². The zero-order valence-corrected chi connectivity index (χ0v) is 80.5. The molecule has 0 aliphatic carbocycles. The molecule has 0 bridgehead atoms. The third kappa shape index (κ3) is 16.9. The van der Waals surface area contributed by atoms with Crippen molar-refractivity contribution in [1.82, 2.24) is 94.4 Å². The lowest BCUT2D eigenvalue weighted by molar-refractivity contribution is 0.00578. The number of aromatic amines is 5. The van der Waals surface area contributed by atoms with Crippen molar-refractivity contribution in [3.63, 3.8) is 0 Å². The van der Waals surface area contributed by atoms with Gasteiger partial charge in [-0.2, -0.15) is 20.4 Å². The molecule has 3 fully saturated rings. The number of H-pyrrole nitrogens is 5. The van der Waals surface area contributed by atoms with Gasteiger partial charge in [0.25, 0.3) is 0 Å². The highest BCUT2D eigenvalue weighted by Crippen LogP contribution is 2.45. The molecule has 0 atom stereocenters. The molecule has 11 aromatic heterocycles. The molecule has 134 heavy (non-hydrogen) atoms. The van der Waals surface area contributed by atoms with Crippen LogP contribution in [0, 0.1) is 3.57 Å². The molecule has 666 valence electrons. The maximum absolute atomic E-state index is 6.23. The van der Waals surface area contributed by atoms with E-state index in [0.717, 1.165) is 177 Å². The van der Waals surface area contributed by atoms with Crippen molar-refractivity contribution in [1.29, 1.82) is 0 Å². The van der Waals surface area contributed by atoms with E-state index in [1.54, 1.807) is 0 Å². The second kappa shape index (κ2) is 34.9. The molecule has 0 unspecified atom stereocenters. The van der Waals surface area contributed by atoms with Crippen molar-refractivity contribution in [2.24, 2.45) is 21.1 Å². The average Bonchev–Trinajstić information content (AvgIpc) is 1.59. The number of aromatic nitrogens is 19. The predicted octanol–water partition coefficient (Wildman–Crippen LogP) is 23.0. The second-order valence-corrected chi connectivity index (χ2v) is 38.9. The number of hydrogen-bond donors (Lipinski definition) is 5. The molecule has 25 rings (SSSR count). The van der Waals surface area contributed by atoms with Gasteiger partial charge in [0.2, 0.25) is 0 Å². The number of pyridine rings is 3. The largest absolute Gasteiger partial charge is 0.494 e. The van der Waals surface area contributed by atoms with E-state index >= 15 is 0 Å². The van der Waals surface area contributed by atoms with E-state index in [2.05, 4.69) is 237 Å². The highest BCUT2D eigenvalue weighted by molar-refractivity contribution is 14.1. The maximum atomic E-state index is 6.23. The molecule has 3 aliphatic rings. The number of halogens is 2. The van der Waals surface area contributed by atoms with Crippen molar-refractivity contribution in [3.8, 4) is 68.3 Å². The number of hydrogen-bond acceptors (Lipinski definition) is 17. The lowest BCUT2D eigenvalue weighted by atomic mass is 9.49. The summed E-state index contributed by atoms with van der Waals surface area (Å²) in [6, 6.07) is 82.2. The van der Waals surface area contributed by atoms with Crippen molar-refractivity contribution in [2.45, 2.75) is 117 Å². The van der Waals surface area contributed by atoms with Crippen LogP contribution in [0.2, 0.25) is 0 Å². The molecule has 0 radical (unpaired) electrons. The Morgan fingerprint density at radius 1 is 0.313 bits per heavy atom. The minimum atomic E-state index is -0.476. The molecule has 3 aliphatic heterocycles. The normalized spacial score (nSPS) is 15.6. The van der Waals surface area contributed by atoms with Crippen LogP contribution in [-0.4, -0.2) is 149 Å². The fraction of sp³-hybridized carbons (Fsp3) is 0.202. The first-order chi connectivity index (χ1) is 64.4. The Kier molecular flexibility index (Phi) is 23.0. The zero-order chi connectivity index (χ0) is 92.9. The summed E-state index contributed by atoms with van der Waals surface area (Å²) in [5.41, 5.74) is 18.7. The quantitative estimate of drug-likeness (QED) is 0.0698. The summed E-state index contributed by atoms with van der Waals surface area (Å²) in [5, 5.41) is 33.0. The number of aryl methyl sites for hydroxylation is 3. The first kappa shape index (κ1) is 88.5. The van der Waals surface area contributed by atoms with E-state index in [4.69, 9.17) is 53.1 Å². The number of rotatable bonds is 8. The minimum absolute atomic E-state index is 0.360. The van der Waals surface area contributed by atoms with Crippen molar-refractivity contribution < 1.29 is 27.9 Å². The van der Waals surface area contributed by atoms with Crippen LogP contribution in [0.4, 0.5) is 0 Å². The van der Waals surface area contributed by atoms with Crippen LogP contribution in [0.25, 0.3) is 188 Å². The Morgan fingerprint density at radius 3 is 1.07 bits per heavy atom. The van der Waals surface area contributed by atoms with Gasteiger partial charge in [-0.3, -0.25) is 34.1 Å². The van der Waals surface area contributed by atoms with Crippen LogP contribution in [-0.2, 0) is 49.1 Å². The summed E-state index contributed by atoms with van der Waals surface area (Å²) >= 11 is 5.75. The topological polar surface area (TPSA) is 291 Å². The molecule has 0 spiro atoms. The second-order valence-electron chi connectivity index (χ2n) is 36.8. The predicted molar refractivity (Wildman–Crippen MR) is 550 cm³/mol. The minimum Gasteiger partial charge on any atom is -0.405 e. The molecule has 5 N–H and O–H groups in total. The lowest BCUT2D eigenvalue weighted by Gasteiger charge is -2.32. The van der Waals surface area contributed by atoms with Gasteiger partial charge in [-0.15, -0.1) is 0 Å². The summed E-state index contributed by atoms with van der Waals surface area (Å²) in [4.78, 5) is 45.3. The van der Waals surface area contributed by atoms with Gasteiger partial charge < -0.3 is 47.9 Å². The summed E-state index contributed by atoms with van der Waals surface area (Å²) < 4.78 is 44.2. The fourth-order valence-electron chi connectivity index (χ4n) is 17.0. The Hall–Kier alpha value is -13.4. The monoisotopic (exact) mass is 1950 g/mol. The van der Waals surface area contributed by atoms with E-state index in [9.17, 15) is 0 Å². The van der Waals surface area contributed by atoms with Gasteiger partial charge >= 0.3 is 21.1 Å². The van der Waals surface area contributed by atoms with Crippen LogP contribution in [0.3, 0.4) is 0 Å². The molecule has 0 amide bonds. The van der Waals surface area contributed by atoms with Crippen LogP contribution in [0.15, 0.2) is 284 Å². The standard InChI is InChI=1S/C24H17N5.C23H15N5.C21H23BN4O2.C15H11IN4.C12H24B2O4.C9H6BrN/c1-29-22-11-10-15(19-14-25-13-16-6-2-3-7-17(16)19)12-18(22)23(28-29)24-26-20-8-4-5-9-21(20)27-24;1-2-6-16-15(5-1)12-24-13-18(16)14-9-10-19-17(11-14)22(28-27-19)23-25-20-7-3-4-8-21(20)26-23;1-20(2)21(3,4)28-22(27-20)13-10-11-17-14(12-13)18(25-26(17)5)19-23-15-8-6-7-9-16(15)24-19;1-20-13-7-6-9(16)8-10(13)14(19-20)15-17-11-4-2-3-5-12(11)18-15;1-9(2)10(3,4)16-13(15-9)14-17-11(5,6)12(7,8)18-14;10-9-6-11-5-7-3-1-2-4-8(7)9/h2-14H,1H3,(H,26,27);1-13H,(H,25,26)(H,27,28);6-12H,1-5H3,(H,23,24);2-8H,1H3,(H,17,18);1-8H3;1-6H. The van der Waals surface area contributed by atoms with Crippen LogP contribution < -0.4 is 5.46 Å². The number of nitrogens with zero attached hydrogens (tertiary/aromatic N) is 14. The first-order valence-electron chi connectivity index (χ1n) is 44.4. The van der Waals surface area contributed by atoms with Gasteiger partial charge in [-0.05, 0) is 251 Å². The summed E-state index contributed by atoms with van der Waals surface area (Å²) in [6.07, 6.45) is 11.3. The van der Waals surface area contributed by atoms with Gasteiger partial charge in [0.15, 0.2) is 23.3 Å². The third-order valence-electron chi connectivity index (χ3n) is 26.4. The van der Waals surface area contributed by atoms with Crippen molar-refractivity contribution in [3.05, 3.63) is 288 Å². The molecule has 25 nitrogen and oxygen atoms in total. The number of benzene rings is 11. The highest BCUT2D eigenvalue weighted by Gasteiger charge is 2.64. The lowest BCUT2D eigenvalue weighted by Crippen LogP contribution is -2.41. The molecule has 0 saturated carbocycles. The maximum Gasteiger partial charge on any atom is 0.494 e. The summed E-state index contributed by atoms with van der Waals surface area (Å²) in [7, 11) is 4.52. The van der Waals surface area contributed by atoms with Gasteiger partial charge in [0.05, 0.1) is 99.8 Å². The van der Waals surface area contributed by atoms with Gasteiger partial charge in [0, 0.05) is 115 Å². The van der Waals surface area contributed by atoms with E-state index in [-0.39, 0.29) is 33.6 Å². The molecule has 14 heterocycles. The van der Waals surface area contributed by atoms with Gasteiger partial charge in [0.1, 0.15) is 22.8 Å². The number of imidazole rings is 4. The Bertz CT molecular complexity index is 8000. The molecule has 30 heteroatoms. The number of para-hydroxylation sites is 8. The zero-order valence-electron chi connectivity index (χ0n) is 76.8. The van der Waals surface area contributed by atoms with Crippen LogP contribution in [0.5, 0.6) is 0 Å². The Balaban J connectivity index is 0.000000102. The highest BCUT2D eigenvalue weighted by atomic mass is 127. The van der Waals surface area contributed by atoms with Crippen LogP contribution >= 0.6 is 38.5 Å². The molecular weight excluding hydrogens is 1850 g/mol. The molecule has 22 aromatic rings. The Labute approximate surface area is 795 Å². The molecule has 11 aromatic carbocycles. The first-order valence-corrected chi connectivity index (χ1v) is 46.3. The summed E-state index contributed by atoms with van der Waals surface area (Å²) in [6.45, 7) is 24.5. The summed E-state index contributed by atoms with van der Waals surface area (Å²) in [5.74, 6) is 3.13. The smallest absolute Gasteiger partial charge is 0.405 e. The number of nitrogens with one attached hydrogen (secondary N) is 5. The van der Waals surface area contributed by atoms with Crippen molar-refractivity contribution >= 4 is 185 Å².